The van der Waals surface area contributed by atoms with Crippen molar-refractivity contribution in [2.24, 2.45) is 0 Å². The lowest BCUT2D eigenvalue weighted by atomic mass is 10.1. The summed E-state index contributed by atoms with van der Waals surface area (Å²) in [6.07, 6.45) is 1.03. The van der Waals surface area contributed by atoms with Crippen molar-refractivity contribution in [1.29, 1.82) is 0 Å². The highest BCUT2D eigenvalue weighted by Crippen LogP contribution is 2.21. The van der Waals surface area contributed by atoms with Gasteiger partial charge in [-0.05, 0) is 29.6 Å². The van der Waals surface area contributed by atoms with Crippen molar-refractivity contribution in [2.75, 3.05) is 17.6 Å². The van der Waals surface area contributed by atoms with Gasteiger partial charge < -0.3 is 10.4 Å². The number of anilines is 1. The van der Waals surface area contributed by atoms with Gasteiger partial charge in [0, 0.05) is 11.9 Å². The molecule has 0 amide bonds. The van der Waals surface area contributed by atoms with E-state index in [1.807, 2.05) is 30.0 Å². The number of nitrogens with one attached hydrogen (secondary N) is 1. The molecule has 1 aromatic carbocycles. The Hall–Kier alpha value is -1.75. The Morgan fingerprint density at radius 2 is 2.14 bits per heavy atom. The highest BCUT2D eigenvalue weighted by molar-refractivity contribution is 7.99. The maximum absolute atomic E-state index is 11.4. The number of fused-ring (bicyclic) bond motifs is 1. The summed E-state index contributed by atoms with van der Waals surface area (Å²) in [5.74, 6) is 0.789. The molecule has 0 aliphatic carbocycles. The summed E-state index contributed by atoms with van der Waals surface area (Å²) in [5.41, 5.74) is 0.996. The molecule has 0 fully saturated rings. The zero-order valence-corrected chi connectivity index (χ0v) is 13.1. The number of rotatable bonds is 7. The first-order valence-corrected chi connectivity index (χ1v) is 8.11. The number of hydrogen-bond acceptors (Lipinski definition) is 4. The first kappa shape index (κ1) is 15.6. The second-order valence-electron chi connectivity index (χ2n) is 5.08. The van der Waals surface area contributed by atoms with Crippen LogP contribution < -0.4 is 5.32 Å². The van der Waals surface area contributed by atoms with Gasteiger partial charge in [0.15, 0.2) is 0 Å². The summed E-state index contributed by atoms with van der Waals surface area (Å²) in [5, 5.41) is 13.9. The molecule has 1 heterocycles. The predicted molar refractivity (Wildman–Crippen MR) is 89.4 cm³/mol. The zero-order valence-electron chi connectivity index (χ0n) is 12.3. The van der Waals surface area contributed by atoms with Crippen molar-refractivity contribution in [3.05, 3.63) is 35.9 Å². The predicted octanol–water partition coefficient (Wildman–Crippen LogP) is 3.88. The molecule has 0 spiro atoms. The van der Waals surface area contributed by atoms with Crippen LogP contribution in [0.25, 0.3) is 10.9 Å². The fourth-order valence-corrected chi connectivity index (χ4v) is 2.83. The Kier molecular flexibility index (Phi) is 5.44. The van der Waals surface area contributed by atoms with Crippen LogP contribution in [0.4, 0.5) is 5.82 Å². The lowest BCUT2D eigenvalue weighted by Gasteiger charge is -2.09. The highest BCUT2D eigenvalue weighted by atomic mass is 32.2. The number of carbonyl (C=O) groups is 1. The van der Waals surface area contributed by atoms with E-state index in [2.05, 4.69) is 24.1 Å². The van der Waals surface area contributed by atoms with Crippen molar-refractivity contribution in [2.45, 2.75) is 25.5 Å². The second-order valence-corrected chi connectivity index (χ2v) is 6.76. The number of aromatic nitrogens is 1. The molecule has 21 heavy (non-hydrogen) atoms. The van der Waals surface area contributed by atoms with Crippen LogP contribution >= 0.6 is 11.8 Å². The van der Waals surface area contributed by atoms with Crippen molar-refractivity contribution in [3.63, 3.8) is 0 Å². The number of benzene rings is 1. The van der Waals surface area contributed by atoms with E-state index in [-0.39, 0.29) is 0 Å². The van der Waals surface area contributed by atoms with Gasteiger partial charge in [-0.3, -0.25) is 0 Å². The maximum Gasteiger partial charge on any atom is 0.336 e. The number of hydrogen-bond donors (Lipinski definition) is 2. The third-order valence-electron chi connectivity index (χ3n) is 3.03. The average molecular weight is 304 g/mol. The summed E-state index contributed by atoms with van der Waals surface area (Å²) >= 11 is 1.92. The van der Waals surface area contributed by atoms with Gasteiger partial charge in [-0.1, -0.05) is 32.0 Å². The molecule has 2 N–H and O–H groups in total. The number of carboxylic acid groups (broad SMARTS) is 1. The van der Waals surface area contributed by atoms with E-state index in [1.54, 1.807) is 12.1 Å². The molecule has 2 rings (SSSR count). The fraction of sp³-hybridized carbons (Fsp3) is 0.375. The van der Waals surface area contributed by atoms with Gasteiger partial charge in [-0.2, -0.15) is 11.8 Å². The molecule has 0 bridgehead atoms. The van der Waals surface area contributed by atoms with Gasteiger partial charge in [-0.25, -0.2) is 9.78 Å². The standard InChI is InChI=1S/C16H20N2O2S/c1-11(2)21-9-5-8-17-15-10-13(16(19)20)12-6-3-4-7-14(12)18-15/h3-4,6-7,10-11H,5,8-9H2,1-2H3,(H,17,18)(H,19,20). The fourth-order valence-electron chi connectivity index (χ4n) is 2.05. The normalized spacial score (nSPS) is 11.0. The van der Waals surface area contributed by atoms with Crippen LogP contribution in [0.1, 0.15) is 30.6 Å². The Morgan fingerprint density at radius 1 is 1.38 bits per heavy atom. The molecule has 1 aromatic heterocycles. The Balaban J connectivity index is 2.08. The molecule has 2 aromatic rings. The first-order chi connectivity index (χ1) is 10.1. The topological polar surface area (TPSA) is 62.2 Å². The first-order valence-electron chi connectivity index (χ1n) is 7.06. The van der Waals surface area contributed by atoms with Crippen LogP contribution in [0.5, 0.6) is 0 Å². The van der Waals surface area contributed by atoms with E-state index in [9.17, 15) is 9.90 Å². The molecule has 5 heteroatoms. The number of nitrogens with zero attached hydrogens (tertiary/aromatic N) is 1. The molecular weight excluding hydrogens is 284 g/mol. The summed E-state index contributed by atoms with van der Waals surface area (Å²) in [7, 11) is 0. The summed E-state index contributed by atoms with van der Waals surface area (Å²) < 4.78 is 0. The summed E-state index contributed by atoms with van der Waals surface area (Å²) in [6, 6.07) is 8.92. The van der Waals surface area contributed by atoms with Gasteiger partial charge in [0.1, 0.15) is 5.82 Å². The molecule has 0 aliphatic heterocycles. The largest absolute Gasteiger partial charge is 0.478 e. The van der Waals surface area contributed by atoms with Gasteiger partial charge >= 0.3 is 5.97 Å². The van der Waals surface area contributed by atoms with Gasteiger partial charge in [0.05, 0.1) is 11.1 Å². The summed E-state index contributed by atoms with van der Waals surface area (Å²) in [4.78, 5) is 15.8. The van der Waals surface area contributed by atoms with Crippen LogP contribution in [0.3, 0.4) is 0 Å². The number of aromatic carboxylic acids is 1. The van der Waals surface area contributed by atoms with E-state index in [1.165, 1.54) is 0 Å². The van der Waals surface area contributed by atoms with E-state index in [0.29, 0.717) is 27.5 Å². The Bertz CT molecular complexity index is 629. The number of thioether (sulfide) groups is 1. The zero-order chi connectivity index (χ0) is 15.2. The van der Waals surface area contributed by atoms with E-state index in [0.717, 1.165) is 18.7 Å². The lowest BCUT2D eigenvalue weighted by molar-refractivity contribution is 0.0699. The molecule has 112 valence electrons. The monoisotopic (exact) mass is 304 g/mol. The molecule has 0 aliphatic rings. The molecular formula is C16H20N2O2S. The average Bonchev–Trinajstić information content (AvgIpc) is 2.45. The van der Waals surface area contributed by atoms with Crippen molar-refractivity contribution in [1.82, 2.24) is 4.98 Å². The lowest BCUT2D eigenvalue weighted by Crippen LogP contribution is -2.07. The van der Waals surface area contributed by atoms with Crippen molar-refractivity contribution >= 4 is 34.5 Å². The smallest absolute Gasteiger partial charge is 0.336 e. The van der Waals surface area contributed by atoms with Gasteiger partial charge in [0.25, 0.3) is 0 Å². The Morgan fingerprint density at radius 3 is 2.86 bits per heavy atom. The van der Waals surface area contributed by atoms with Crippen LogP contribution in [-0.4, -0.2) is 33.6 Å². The third-order valence-corrected chi connectivity index (χ3v) is 4.22. The SMILES string of the molecule is CC(C)SCCCNc1cc(C(=O)O)c2ccccc2n1. The van der Waals surface area contributed by atoms with E-state index < -0.39 is 5.97 Å². The minimum atomic E-state index is -0.924. The maximum atomic E-state index is 11.4. The molecule has 0 atom stereocenters. The van der Waals surface area contributed by atoms with E-state index in [4.69, 9.17) is 0 Å². The molecule has 0 saturated heterocycles. The van der Waals surface area contributed by atoms with Crippen LogP contribution in [0.2, 0.25) is 0 Å². The minimum Gasteiger partial charge on any atom is -0.478 e. The van der Waals surface area contributed by atoms with Crippen molar-refractivity contribution in [3.8, 4) is 0 Å². The number of para-hydroxylation sites is 1. The highest BCUT2D eigenvalue weighted by Gasteiger charge is 2.11. The quantitative estimate of drug-likeness (QED) is 0.760. The number of carboxylic acids is 1. The van der Waals surface area contributed by atoms with Crippen LogP contribution in [0, 0.1) is 0 Å². The van der Waals surface area contributed by atoms with Gasteiger partial charge in [-0.15, -0.1) is 0 Å². The van der Waals surface area contributed by atoms with Crippen LogP contribution in [0.15, 0.2) is 30.3 Å². The van der Waals surface area contributed by atoms with E-state index >= 15 is 0 Å². The van der Waals surface area contributed by atoms with Crippen LogP contribution in [-0.2, 0) is 0 Å². The third kappa shape index (κ3) is 4.36. The molecule has 0 radical (unpaired) electrons. The van der Waals surface area contributed by atoms with Crippen molar-refractivity contribution < 1.29 is 9.90 Å². The molecule has 0 unspecified atom stereocenters. The second kappa shape index (κ2) is 7.31. The molecule has 0 saturated carbocycles. The summed E-state index contributed by atoms with van der Waals surface area (Å²) in [6.45, 7) is 5.16. The minimum absolute atomic E-state index is 0.291. The number of pyridine rings is 1. The van der Waals surface area contributed by atoms with Gasteiger partial charge in [0.2, 0.25) is 0 Å². The Labute approximate surface area is 129 Å². The molecule has 4 nitrogen and oxygen atoms in total.